The van der Waals surface area contributed by atoms with Gasteiger partial charge in [0.1, 0.15) is 24.1 Å². The van der Waals surface area contributed by atoms with Crippen molar-refractivity contribution in [2.45, 2.75) is 39.1 Å². The van der Waals surface area contributed by atoms with Crippen LogP contribution in [-0.2, 0) is 17.9 Å². The molecule has 144 valence electrons. The summed E-state index contributed by atoms with van der Waals surface area (Å²) in [4.78, 5) is 13.9. The van der Waals surface area contributed by atoms with Crippen molar-refractivity contribution < 1.29 is 24.5 Å². The first-order valence-corrected chi connectivity index (χ1v) is 9.07. The first-order valence-electron chi connectivity index (χ1n) is 9.07. The van der Waals surface area contributed by atoms with Crippen molar-refractivity contribution in [2.75, 3.05) is 13.2 Å². The highest BCUT2D eigenvalue weighted by Crippen LogP contribution is 2.30. The predicted octanol–water partition coefficient (Wildman–Crippen LogP) is 2.99. The van der Waals surface area contributed by atoms with Gasteiger partial charge in [-0.3, -0.25) is 9.69 Å². The number of aliphatic hydroxyl groups is 1. The maximum absolute atomic E-state index is 12.1. The molecule has 3 rings (SSSR count). The Hall–Kier alpha value is -2.57. The number of nitrogens with zero attached hydrogens (tertiary/aromatic N) is 1. The van der Waals surface area contributed by atoms with Crippen LogP contribution < -0.4 is 9.47 Å². The predicted molar refractivity (Wildman–Crippen MR) is 101 cm³/mol. The molecule has 1 atom stereocenters. The van der Waals surface area contributed by atoms with E-state index in [2.05, 4.69) is 0 Å². The number of aliphatic hydroxyl groups excluding tert-OH is 1. The van der Waals surface area contributed by atoms with Crippen molar-refractivity contribution in [1.29, 1.82) is 0 Å². The van der Waals surface area contributed by atoms with Crippen LogP contribution in [0.4, 0.5) is 0 Å². The van der Waals surface area contributed by atoms with E-state index in [1.165, 1.54) is 0 Å². The fourth-order valence-corrected chi connectivity index (χ4v) is 3.30. The van der Waals surface area contributed by atoms with Gasteiger partial charge in [0.25, 0.3) is 0 Å². The average Bonchev–Trinajstić information content (AvgIpc) is 2.84. The zero-order valence-corrected chi connectivity index (χ0v) is 15.6. The van der Waals surface area contributed by atoms with Crippen LogP contribution in [0.15, 0.2) is 42.5 Å². The smallest absolute Gasteiger partial charge is 0.325 e. The molecule has 1 aliphatic heterocycles. The number of fused-ring (bicyclic) bond motifs is 1. The highest BCUT2D eigenvalue weighted by atomic mass is 16.5. The van der Waals surface area contributed by atoms with Gasteiger partial charge in [0, 0.05) is 18.7 Å². The van der Waals surface area contributed by atoms with Crippen LogP contribution in [0.3, 0.4) is 0 Å². The second-order valence-electron chi connectivity index (χ2n) is 6.90. The Balaban J connectivity index is 1.87. The lowest BCUT2D eigenvalue weighted by Crippen LogP contribution is -2.35. The van der Waals surface area contributed by atoms with E-state index >= 15 is 0 Å². The van der Waals surface area contributed by atoms with Crippen LogP contribution >= 0.6 is 0 Å². The second kappa shape index (κ2) is 8.41. The van der Waals surface area contributed by atoms with Crippen LogP contribution in [-0.4, -0.2) is 40.3 Å². The summed E-state index contributed by atoms with van der Waals surface area (Å²) in [5.74, 6) is 0.545. The Labute approximate surface area is 159 Å². The van der Waals surface area contributed by atoms with Gasteiger partial charge >= 0.3 is 5.97 Å². The summed E-state index contributed by atoms with van der Waals surface area (Å²) in [6.07, 6.45) is 0.0612. The van der Waals surface area contributed by atoms with Gasteiger partial charge in [0.15, 0.2) is 0 Å². The summed E-state index contributed by atoms with van der Waals surface area (Å²) >= 11 is 0. The largest absolute Gasteiger partial charge is 0.492 e. The number of carbonyl (C=O) groups is 1. The molecule has 0 saturated heterocycles. The highest BCUT2D eigenvalue weighted by Gasteiger charge is 2.30. The molecule has 0 fully saturated rings. The molecule has 0 saturated carbocycles. The molecular weight excluding hydrogens is 346 g/mol. The van der Waals surface area contributed by atoms with E-state index in [1.54, 1.807) is 24.3 Å². The van der Waals surface area contributed by atoms with E-state index in [-0.39, 0.29) is 12.7 Å². The molecule has 0 bridgehead atoms. The third-order valence-electron chi connectivity index (χ3n) is 4.48. The monoisotopic (exact) mass is 371 g/mol. The lowest BCUT2D eigenvalue weighted by molar-refractivity contribution is -0.144. The van der Waals surface area contributed by atoms with Crippen molar-refractivity contribution in [2.24, 2.45) is 0 Å². The van der Waals surface area contributed by atoms with E-state index in [9.17, 15) is 15.0 Å². The van der Waals surface area contributed by atoms with E-state index in [0.717, 1.165) is 22.6 Å². The number of hydrogen-bond acceptors (Lipinski definition) is 5. The number of benzene rings is 2. The lowest BCUT2D eigenvalue weighted by atomic mass is 10.0. The molecule has 0 spiro atoms. The van der Waals surface area contributed by atoms with Gasteiger partial charge in [-0.05, 0) is 49.2 Å². The van der Waals surface area contributed by atoms with Gasteiger partial charge in [-0.2, -0.15) is 0 Å². The topological polar surface area (TPSA) is 79.2 Å². The molecule has 0 amide bonds. The molecule has 2 aromatic rings. The standard InChI is InChI=1S/C21H25NO5/c1-14(2)27-18-6-4-16(5-7-18)20(21(24)25)22-9-10-26-19-8-3-15(13-23)11-17(19)12-22/h3-8,11,14,20,23H,9-10,12-13H2,1-2H3,(H,24,25). The van der Waals surface area contributed by atoms with Crippen molar-refractivity contribution >= 4 is 5.97 Å². The van der Waals surface area contributed by atoms with Gasteiger partial charge in [0.2, 0.25) is 0 Å². The number of carboxylic acid groups (broad SMARTS) is 1. The van der Waals surface area contributed by atoms with Gasteiger partial charge in [0.05, 0.1) is 12.7 Å². The SMILES string of the molecule is CC(C)Oc1ccc(C(C(=O)O)N2CCOc3ccc(CO)cc3C2)cc1. The molecule has 2 N–H and O–H groups in total. The van der Waals surface area contributed by atoms with Crippen LogP contribution in [0.1, 0.15) is 36.6 Å². The summed E-state index contributed by atoms with van der Waals surface area (Å²) in [6.45, 7) is 5.16. The van der Waals surface area contributed by atoms with Crippen molar-refractivity contribution in [3.8, 4) is 11.5 Å². The van der Waals surface area contributed by atoms with Crippen molar-refractivity contribution in [1.82, 2.24) is 4.90 Å². The molecule has 6 nitrogen and oxygen atoms in total. The van der Waals surface area contributed by atoms with E-state index < -0.39 is 12.0 Å². The van der Waals surface area contributed by atoms with Gasteiger partial charge < -0.3 is 19.7 Å². The molecule has 27 heavy (non-hydrogen) atoms. The summed E-state index contributed by atoms with van der Waals surface area (Å²) in [5, 5.41) is 19.3. The number of hydrogen-bond donors (Lipinski definition) is 2. The molecule has 0 radical (unpaired) electrons. The lowest BCUT2D eigenvalue weighted by Gasteiger charge is -2.27. The highest BCUT2D eigenvalue weighted by molar-refractivity contribution is 5.75. The van der Waals surface area contributed by atoms with Gasteiger partial charge in [-0.1, -0.05) is 18.2 Å². The second-order valence-corrected chi connectivity index (χ2v) is 6.90. The molecule has 6 heteroatoms. The zero-order chi connectivity index (χ0) is 19.4. The van der Waals surface area contributed by atoms with Crippen LogP contribution in [0.5, 0.6) is 11.5 Å². The number of aliphatic carboxylic acids is 1. The fourth-order valence-electron chi connectivity index (χ4n) is 3.30. The molecule has 0 aliphatic carbocycles. The van der Waals surface area contributed by atoms with Gasteiger partial charge in [-0.15, -0.1) is 0 Å². The van der Waals surface area contributed by atoms with E-state index in [4.69, 9.17) is 9.47 Å². The zero-order valence-electron chi connectivity index (χ0n) is 15.6. The fraction of sp³-hybridized carbons (Fsp3) is 0.381. The number of carboxylic acids is 1. The normalized spacial score (nSPS) is 15.6. The summed E-state index contributed by atoms with van der Waals surface area (Å²) < 4.78 is 11.4. The summed E-state index contributed by atoms with van der Waals surface area (Å²) in [5.41, 5.74) is 2.35. The number of rotatable bonds is 6. The molecule has 2 aromatic carbocycles. The Morgan fingerprint density at radius 1 is 1.22 bits per heavy atom. The number of ether oxygens (including phenoxy) is 2. The molecule has 1 unspecified atom stereocenters. The third-order valence-corrected chi connectivity index (χ3v) is 4.48. The molecule has 0 aromatic heterocycles. The Bertz CT molecular complexity index is 788. The van der Waals surface area contributed by atoms with Crippen LogP contribution in [0.2, 0.25) is 0 Å². The maximum atomic E-state index is 12.1. The van der Waals surface area contributed by atoms with Crippen LogP contribution in [0.25, 0.3) is 0 Å². The first kappa shape index (κ1) is 19.2. The maximum Gasteiger partial charge on any atom is 0.325 e. The molecule has 1 aliphatic rings. The van der Waals surface area contributed by atoms with Crippen molar-refractivity contribution in [3.63, 3.8) is 0 Å². The quantitative estimate of drug-likeness (QED) is 0.813. The summed E-state index contributed by atoms with van der Waals surface area (Å²) in [7, 11) is 0. The minimum Gasteiger partial charge on any atom is -0.492 e. The Morgan fingerprint density at radius 3 is 2.59 bits per heavy atom. The first-order chi connectivity index (χ1) is 13.0. The minimum atomic E-state index is -0.908. The van der Waals surface area contributed by atoms with Crippen molar-refractivity contribution in [3.05, 3.63) is 59.2 Å². The van der Waals surface area contributed by atoms with E-state index in [1.807, 2.05) is 36.9 Å². The van der Waals surface area contributed by atoms with Gasteiger partial charge in [-0.25, -0.2) is 0 Å². The molecular formula is C21H25NO5. The molecule has 1 heterocycles. The van der Waals surface area contributed by atoms with Crippen LogP contribution in [0, 0.1) is 0 Å². The summed E-state index contributed by atoms with van der Waals surface area (Å²) in [6, 6.07) is 11.9. The Morgan fingerprint density at radius 2 is 1.96 bits per heavy atom. The van der Waals surface area contributed by atoms with E-state index in [0.29, 0.717) is 25.3 Å². The minimum absolute atomic E-state index is 0.0612. The Kier molecular flexibility index (Phi) is 5.98. The third kappa shape index (κ3) is 4.59. The average molecular weight is 371 g/mol.